The third-order valence-corrected chi connectivity index (χ3v) is 3.05. The van der Waals surface area contributed by atoms with Gasteiger partial charge in [0.1, 0.15) is 0 Å². The van der Waals surface area contributed by atoms with Crippen molar-refractivity contribution in [1.82, 2.24) is 15.5 Å². The van der Waals surface area contributed by atoms with E-state index in [0.29, 0.717) is 18.5 Å². The highest BCUT2D eigenvalue weighted by molar-refractivity contribution is 4.98. The van der Waals surface area contributed by atoms with Gasteiger partial charge in [0.25, 0.3) is 0 Å². The Balaban J connectivity index is 1.96. The molecule has 84 valence electrons. The summed E-state index contributed by atoms with van der Waals surface area (Å²) in [5.41, 5.74) is -0.00910. The molecule has 15 heavy (non-hydrogen) atoms. The van der Waals surface area contributed by atoms with Gasteiger partial charge in [-0.15, -0.1) is 10.2 Å². The minimum Gasteiger partial charge on any atom is -0.423 e. The maximum absolute atomic E-state index is 5.63. The highest BCUT2D eigenvalue weighted by Crippen LogP contribution is 2.25. The molecule has 0 atom stereocenters. The third-order valence-electron chi connectivity index (χ3n) is 3.05. The second-order valence-electron chi connectivity index (χ2n) is 4.89. The fourth-order valence-corrected chi connectivity index (χ4v) is 1.27. The first-order valence-electron chi connectivity index (χ1n) is 5.68. The minimum absolute atomic E-state index is 0.00910. The molecule has 4 heteroatoms. The van der Waals surface area contributed by atoms with Crippen LogP contribution in [-0.4, -0.2) is 16.2 Å². The highest BCUT2D eigenvalue weighted by atomic mass is 16.4. The van der Waals surface area contributed by atoms with Crippen LogP contribution < -0.4 is 5.32 Å². The van der Waals surface area contributed by atoms with E-state index in [0.717, 1.165) is 12.3 Å². The van der Waals surface area contributed by atoms with Crippen molar-refractivity contribution in [3.05, 3.63) is 11.8 Å². The SMILES string of the molecule is CCC(C)(C)c1nnc(CNC2CC2)o1. The Morgan fingerprint density at radius 1 is 1.40 bits per heavy atom. The van der Waals surface area contributed by atoms with E-state index in [1.54, 1.807) is 0 Å². The number of hydrogen-bond donors (Lipinski definition) is 1. The molecule has 1 aliphatic carbocycles. The van der Waals surface area contributed by atoms with Gasteiger partial charge in [-0.05, 0) is 19.3 Å². The van der Waals surface area contributed by atoms with Gasteiger partial charge in [-0.3, -0.25) is 0 Å². The van der Waals surface area contributed by atoms with Gasteiger partial charge in [-0.2, -0.15) is 0 Å². The van der Waals surface area contributed by atoms with Crippen LogP contribution in [0, 0.1) is 0 Å². The van der Waals surface area contributed by atoms with Crippen molar-refractivity contribution < 1.29 is 4.42 Å². The Hall–Kier alpha value is -0.900. The van der Waals surface area contributed by atoms with Crippen molar-refractivity contribution in [3.63, 3.8) is 0 Å². The quantitative estimate of drug-likeness (QED) is 0.806. The Kier molecular flexibility index (Phi) is 2.78. The predicted molar refractivity (Wildman–Crippen MR) is 57.5 cm³/mol. The van der Waals surface area contributed by atoms with Crippen LogP contribution in [0.4, 0.5) is 0 Å². The van der Waals surface area contributed by atoms with E-state index >= 15 is 0 Å². The molecule has 4 nitrogen and oxygen atoms in total. The second kappa shape index (κ2) is 3.93. The van der Waals surface area contributed by atoms with Crippen LogP contribution in [0.1, 0.15) is 51.8 Å². The molecule has 0 unspecified atom stereocenters. The zero-order valence-electron chi connectivity index (χ0n) is 9.71. The van der Waals surface area contributed by atoms with Gasteiger partial charge in [0.15, 0.2) is 0 Å². The minimum atomic E-state index is -0.00910. The Labute approximate surface area is 90.5 Å². The van der Waals surface area contributed by atoms with Crippen LogP contribution in [0.15, 0.2) is 4.42 Å². The molecule has 1 aromatic heterocycles. The van der Waals surface area contributed by atoms with Crippen molar-refractivity contribution in [2.75, 3.05) is 0 Å². The summed E-state index contributed by atoms with van der Waals surface area (Å²) in [5, 5.41) is 11.5. The molecule has 0 aromatic carbocycles. The third kappa shape index (κ3) is 2.56. The summed E-state index contributed by atoms with van der Waals surface area (Å²) in [6.45, 7) is 7.08. The van der Waals surface area contributed by atoms with Crippen molar-refractivity contribution in [3.8, 4) is 0 Å². The predicted octanol–water partition coefficient (Wildman–Crippen LogP) is 2.01. The molecular weight excluding hydrogens is 190 g/mol. The van der Waals surface area contributed by atoms with Crippen LogP contribution in [0.3, 0.4) is 0 Å². The van der Waals surface area contributed by atoms with Gasteiger partial charge in [0.05, 0.1) is 6.54 Å². The summed E-state index contributed by atoms with van der Waals surface area (Å²) in [5.74, 6) is 1.45. The molecule has 0 saturated heterocycles. The Bertz CT molecular complexity index is 328. The molecule has 1 aliphatic rings. The molecule has 0 aliphatic heterocycles. The van der Waals surface area contributed by atoms with E-state index < -0.39 is 0 Å². The monoisotopic (exact) mass is 209 g/mol. The van der Waals surface area contributed by atoms with Gasteiger partial charge in [0, 0.05) is 11.5 Å². The first-order chi connectivity index (χ1) is 7.12. The first kappa shape index (κ1) is 10.6. The molecule has 1 saturated carbocycles. The second-order valence-corrected chi connectivity index (χ2v) is 4.89. The molecule has 1 N–H and O–H groups in total. The van der Waals surface area contributed by atoms with Gasteiger partial charge in [0.2, 0.25) is 11.8 Å². The zero-order valence-corrected chi connectivity index (χ0v) is 9.71. The average Bonchev–Trinajstić information content (AvgIpc) is 2.92. The number of aromatic nitrogens is 2. The van der Waals surface area contributed by atoms with Crippen molar-refractivity contribution in [1.29, 1.82) is 0 Å². The maximum atomic E-state index is 5.63. The number of rotatable bonds is 5. The van der Waals surface area contributed by atoms with E-state index in [1.807, 2.05) is 0 Å². The topological polar surface area (TPSA) is 51.0 Å². The molecular formula is C11H19N3O. The fourth-order valence-electron chi connectivity index (χ4n) is 1.27. The van der Waals surface area contributed by atoms with E-state index in [-0.39, 0.29) is 5.41 Å². The first-order valence-corrected chi connectivity index (χ1v) is 5.68. The van der Waals surface area contributed by atoms with Crippen molar-refractivity contribution in [2.24, 2.45) is 0 Å². The lowest BCUT2D eigenvalue weighted by atomic mass is 9.90. The molecule has 1 aromatic rings. The van der Waals surface area contributed by atoms with Gasteiger partial charge >= 0.3 is 0 Å². The Morgan fingerprint density at radius 3 is 2.73 bits per heavy atom. The maximum Gasteiger partial charge on any atom is 0.230 e. The lowest BCUT2D eigenvalue weighted by molar-refractivity contribution is 0.339. The highest BCUT2D eigenvalue weighted by Gasteiger charge is 2.26. The van der Waals surface area contributed by atoms with Gasteiger partial charge in [-0.25, -0.2) is 0 Å². The molecule has 0 amide bonds. The number of hydrogen-bond acceptors (Lipinski definition) is 4. The molecule has 0 spiro atoms. The summed E-state index contributed by atoms with van der Waals surface area (Å²) in [4.78, 5) is 0. The summed E-state index contributed by atoms with van der Waals surface area (Å²) in [6, 6.07) is 0.680. The van der Waals surface area contributed by atoms with E-state index in [2.05, 4.69) is 36.3 Å². The van der Waals surface area contributed by atoms with Gasteiger partial charge < -0.3 is 9.73 Å². The average molecular weight is 209 g/mol. The molecule has 0 bridgehead atoms. The van der Waals surface area contributed by atoms with Crippen molar-refractivity contribution in [2.45, 2.75) is 58.0 Å². The van der Waals surface area contributed by atoms with Crippen LogP contribution in [0.2, 0.25) is 0 Å². The number of nitrogens with zero attached hydrogens (tertiary/aromatic N) is 2. The Morgan fingerprint density at radius 2 is 2.13 bits per heavy atom. The lowest BCUT2D eigenvalue weighted by Crippen LogP contribution is -2.16. The lowest BCUT2D eigenvalue weighted by Gasteiger charge is -2.16. The van der Waals surface area contributed by atoms with Crippen molar-refractivity contribution >= 4 is 0 Å². The number of nitrogens with one attached hydrogen (secondary N) is 1. The molecule has 0 radical (unpaired) electrons. The normalized spacial score (nSPS) is 17.0. The van der Waals surface area contributed by atoms with Gasteiger partial charge in [-0.1, -0.05) is 20.8 Å². The summed E-state index contributed by atoms with van der Waals surface area (Å²) in [6.07, 6.45) is 3.56. The van der Waals surface area contributed by atoms with E-state index in [4.69, 9.17) is 4.42 Å². The molecule has 2 rings (SSSR count). The van der Waals surface area contributed by atoms with Crippen LogP contribution >= 0.6 is 0 Å². The van der Waals surface area contributed by atoms with E-state index in [9.17, 15) is 0 Å². The van der Waals surface area contributed by atoms with E-state index in [1.165, 1.54) is 12.8 Å². The van der Waals surface area contributed by atoms with Crippen LogP contribution in [0.5, 0.6) is 0 Å². The summed E-state index contributed by atoms with van der Waals surface area (Å²) >= 11 is 0. The standard InChI is InChI=1S/C11H19N3O/c1-4-11(2,3)10-14-13-9(15-10)7-12-8-5-6-8/h8,12H,4-7H2,1-3H3. The fraction of sp³-hybridized carbons (Fsp3) is 0.818. The van der Waals surface area contributed by atoms with Crippen LogP contribution in [0.25, 0.3) is 0 Å². The summed E-state index contributed by atoms with van der Waals surface area (Å²) < 4.78 is 5.63. The molecule has 1 heterocycles. The molecule has 1 fully saturated rings. The smallest absolute Gasteiger partial charge is 0.230 e. The zero-order chi connectivity index (χ0) is 10.9. The largest absolute Gasteiger partial charge is 0.423 e. The van der Waals surface area contributed by atoms with Crippen LogP contribution in [-0.2, 0) is 12.0 Å². The summed E-state index contributed by atoms with van der Waals surface area (Å²) in [7, 11) is 0.